The van der Waals surface area contributed by atoms with E-state index in [4.69, 9.17) is 28.9 Å². The van der Waals surface area contributed by atoms with Gasteiger partial charge in [0.05, 0.1) is 0 Å². The second-order valence-electron chi connectivity index (χ2n) is 4.11. The number of nitrogens with one attached hydrogen (secondary N) is 1. The van der Waals surface area contributed by atoms with E-state index in [9.17, 15) is 9.90 Å². The molecule has 0 aromatic heterocycles. The summed E-state index contributed by atoms with van der Waals surface area (Å²) in [7, 11) is 0. The van der Waals surface area contributed by atoms with E-state index < -0.39 is 12.0 Å². The summed E-state index contributed by atoms with van der Waals surface area (Å²) in [5.74, 6) is -0.328. The van der Waals surface area contributed by atoms with Crippen molar-refractivity contribution in [3.63, 3.8) is 0 Å². The zero-order chi connectivity index (χ0) is 14.3. The number of alkyl halides is 2. The summed E-state index contributed by atoms with van der Waals surface area (Å²) in [5, 5.41) is 10.5. The van der Waals surface area contributed by atoms with E-state index in [1.165, 1.54) is 0 Å². The molecule has 1 radical (unpaired) electrons. The minimum Gasteiger partial charge on any atom is -0.670 e. The van der Waals surface area contributed by atoms with Crippen molar-refractivity contribution in [1.82, 2.24) is 0 Å². The number of rotatable bonds is 8. The van der Waals surface area contributed by atoms with Crippen molar-refractivity contribution in [2.24, 2.45) is 0 Å². The third-order valence-electron chi connectivity index (χ3n) is 2.73. The molecule has 0 saturated carbocycles. The predicted molar refractivity (Wildman–Crippen MR) is 84.2 cm³/mol. The van der Waals surface area contributed by atoms with Gasteiger partial charge in [-0.05, 0) is 24.1 Å². The molecule has 0 amide bonds. The van der Waals surface area contributed by atoms with Crippen LogP contribution in [0.4, 0.5) is 5.69 Å². The Morgan fingerprint density at radius 3 is 2.05 bits per heavy atom. The van der Waals surface area contributed by atoms with Crippen LogP contribution < -0.4 is 10.0 Å². The zero-order valence-corrected chi connectivity index (χ0v) is 14.4. The fourth-order valence-electron chi connectivity index (χ4n) is 1.74. The minimum absolute atomic E-state index is 0. The number of nitrogens with zero attached hydrogens (tertiary/aromatic N) is 1. The summed E-state index contributed by atoms with van der Waals surface area (Å²) in [6, 6.07) is 6.17. The Labute approximate surface area is 151 Å². The molecule has 0 heterocycles. The van der Waals surface area contributed by atoms with Gasteiger partial charge in [0, 0.05) is 36.5 Å². The Kier molecular flexibility index (Phi) is 13.6. The van der Waals surface area contributed by atoms with Gasteiger partial charge in [0.2, 0.25) is 0 Å². The fraction of sp³-hybridized carbons (Fsp3) is 0.462. The molecule has 1 rings (SSSR count). The molecule has 0 saturated heterocycles. The molecule has 1 aromatic carbocycles. The van der Waals surface area contributed by atoms with Crippen LogP contribution >= 0.6 is 35.6 Å². The van der Waals surface area contributed by atoms with Crippen molar-refractivity contribution in [3.8, 4) is 0 Å². The van der Waals surface area contributed by atoms with Gasteiger partial charge in [0.1, 0.15) is 0 Å². The summed E-state index contributed by atoms with van der Waals surface area (Å²) in [4.78, 5) is 12.6. The van der Waals surface area contributed by atoms with Gasteiger partial charge in [-0.25, -0.2) is 0 Å². The molecule has 0 bridgehead atoms. The van der Waals surface area contributed by atoms with Crippen LogP contribution in [-0.2, 0) is 28.3 Å². The number of carboxylic acids is 1. The molecule has 123 valence electrons. The topological polar surface area (TPSA) is 67.2 Å². The van der Waals surface area contributed by atoms with Crippen LogP contribution in [0.3, 0.4) is 0 Å². The zero-order valence-electron chi connectivity index (χ0n) is 11.2. The maximum absolute atomic E-state index is 10.5. The van der Waals surface area contributed by atoms with Crippen LogP contribution in [0.2, 0.25) is 0 Å². The predicted octanol–water partition coefficient (Wildman–Crippen LogP) is 2.10. The standard InChI is InChI=1S/C13H17Cl2N2O2.ClH.Cu/c14-5-7-17(8-6-15)11-3-1-10(2-4-11)9-12(16)13(18)19;;/h1-4,12,16H,5-9H2,(H,18,19);1H;/q-1;;+2/p-1. The van der Waals surface area contributed by atoms with Gasteiger partial charge in [-0.3, -0.25) is 0 Å². The third-order valence-corrected chi connectivity index (χ3v) is 3.07. The Hall–Kier alpha value is -0.161. The quantitative estimate of drug-likeness (QED) is 0.493. The van der Waals surface area contributed by atoms with Crippen molar-refractivity contribution < 1.29 is 27.0 Å². The third kappa shape index (κ3) is 8.15. The normalized spacial score (nSPS) is 11.0. The number of carbonyl (C=O) groups is 1. The number of hydrogen-bond donors (Lipinski definition) is 0. The molecule has 1 aromatic rings. The first-order valence-electron chi connectivity index (χ1n) is 5.96. The molecule has 1 atom stereocenters. The van der Waals surface area contributed by atoms with Gasteiger partial charge in [0.15, 0.2) is 0 Å². The van der Waals surface area contributed by atoms with E-state index in [2.05, 4.69) is 4.90 Å². The monoisotopic (exact) mass is 401 g/mol. The minimum atomic E-state index is -1.35. The Bertz CT molecular complexity index is 401. The Morgan fingerprint density at radius 2 is 1.67 bits per heavy atom. The van der Waals surface area contributed by atoms with E-state index >= 15 is 0 Å². The molecule has 0 aliphatic rings. The Balaban J connectivity index is 0. The van der Waals surface area contributed by atoms with E-state index in [1.54, 1.807) is 0 Å². The molecule has 1 N–H and O–H groups in total. The van der Waals surface area contributed by atoms with Crippen LogP contribution in [0.1, 0.15) is 5.56 Å². The largest absolute Gasteiger partial charge is 2.00 e. The summed E-state index contributed by atoms with van der Waals surface area (Å²) in [5.41, 5.74) is 9.11. The molecule has 21 heavy (non-hydrogen) atoms. The Morgan fingerprint density at radius 1 is 1.19 bits per heavy atom. The molecular formula is C13H17Cl3CuN2O2. The number of anilines is 1. The van der Waals surface area contributed by atoms with Gasteiger partial charge in [-0.2, -0.15) is 0 Å². The van der Waals surface area contributed by atoms with E-state index in [0.717, 1.165) is 11.3 Å². The van der Waals surface area contributed by atoms with Crippen LogP contribution in [0.25, 0.3) is 5.73 Å². The number of carboxylic acid groups (broad SMARTS) is 1. The SMILES string of the molecule is Cl.[Cu+2].[NH-]C(Cc1ccc(N(CCCl)CCCl)cc1)C(=O)[O-]. The number of halogens is 3. The molecule has 0 aliphatic carbocycles. The molecule has 1 unspecified atom stereocenters. The van der Waals surface area contributed by atoms with Crippen molar-refractivity contribution in [3.05, 3.63) is 35.6 Å². The number of carbonyl (C=O) groups excluding carboxylic acids is 1. The molecule has 0 spiro atoms. The van der Waals surface area contributed by atoms with Gasteiger partial charge >= 0.3 is 17.1 Å². The molecule has 8 heteroatoms. The van der Waals surface area contributed by atoms with Crippen LogP contribution in [0.15, 0.2) is 24.3 Å². The van der Waals surface area contributed by atoms with Crippen LogP contribution in [0.5, 0.6) is 0 Å². The van der Waals surface area contributed by atoms with Crippen molar-refractivity contribution in [1.29, 1.82) is 0 Å². The maximum Gasteiger partial charge on any atom is 2.00 e. The molecular weight excluding hydrogens is 386 g/mol. The second kappa shape index (κ2) is 12.4. The first-order chi connectivity index (χ1) is 9.08. The van der Waals surface area contributed by atoms with Gasteiger partial charge in [0.25, 0.3) is 0 Å². The number of hydrogen-bond acceptors (Lipinski definition) is 3. The van der Waals surface area contributed by atoms with E-state index in [0.29, 0.717) is 24.8 Å². The molecule has 4 nitrogen and oxygen atoms in total. The van der Waals surface area contributed by atoms with Crippen LogP contribution in [0, 0.1) is 0 Å². The summed E-state index contributed by atoms with van der Waals surface area (Å²) in [6.07, 6.45) is 0.146. The average molecular weight is 403 g/mol. The van der Waals surface area contributed by atoms with Gasteiger partial charge in [-0.15, -0.1) is 35.6 Å². The first-order valence-corrected chi connectivity index (χ1v) is 7.03. The molecule has 0 fully saturated rings. The second-order valence-corrected chi connectivity index (χ2v) is 4.86. The fourth-order valence-corrected chi connectivity index (χ4v) is 2.14. The first kappa shape index (κ1) is 23.1. The van der Waals surface area contributed by atoms with E-state index in [-0.39, 0.29) is 35.9 Å². The average Bonchev–Trinajstić information content (AvgIpc) is 2.39. The van der Waals surface area contributed by atoms with Crippen molar-refractivity contribution in [2.75, 3.05) is 29.7 Å². The summed E-state index contributed by atoms with van der Waals surface area (Å²) in [6.45, 7) is 1.40. The maximum atomic E-state index is 10.5. The van der Waals surface area contributed by atoms with Gasteiger partial charge in [-0.1, -0.05) is 18.2 Å². The molecule has 0 aliphatic heterocycles. The number of benzene rings is 1. The summed E-state index contributed by atoms with van der Waals surface area (Å²) < 4.78 is 0. The van der Waals surface area contributed by atoms with Crippen molar-refractivity contribution >= 4 is 47.3 Å². The number of aliphatic carboxylic acids is 1. The summed E-state index contributed by atoms with van der Waals surface area (Å²) >= 11 is 11.5. The van der Waals surface area contributed by atoms with Gasteiger partial charge < -0.3 is 20.5 Å². The van der Waals surface area contributed by atoms with Crippen molar-refractivity contribution in [2.45, 2.75) is 12.5 Å². The van der Waals surface area contributed by atoms with Crippen LogP contribution in [-0.4, -0.2) is 36.9 Å². The smallest absolute Gasteiger partial charge is 0.670 e. The van der Waals surface area contributed by atoms with E-state index in [1.807, 2.05) is 24.3 Å².